The topological polar surface area (TPSA) is 73.9 Å². The molecule has 0 atom stereocenters. The largest absolute Gasteiger partial charge is 0.351 e. The van der Waals surface area contributed by atoms with Gasteiger partial charge in [-0.05, 0) is 19.4 Å². The number of rotatable bonds is 3. The van der Waals surface area contributed by atoms with Crippen LogP contribution in [-0.4, -0.2) is 50.8 Å². The number of hydrogen-bond donors (Lipinski definition) is 0. The van der Waals surface area contributed by atoms with Gasteiger partial charge < -0.3 is 9.47 Å². The molecule has 0 unspecified atom stereocenters. The van der Waals surface area contributed by atoms with Crippen molar-refractivity contribution in [2.45, 2.75) is 20.4 Å². The highest BCUT2D eigenvalue weighted by atomic mass is 15.3. The lowest BCUT2D eigenvalue weighted by Crippen LogP contribution is -2.47. The summed E-state index contributed by atoms with van der Waals surface area (Å²) in [5.74, 6) is 1.79. The van der Waals surface area contributed by atoms with E-state index in [1.807, 2.05) is 33.3 Å². The van der Waals surface area contributed by atoms with Crippen LogP contribution in [0, 0.1) is 25.2 Å². The van der Waals surface area contributed by atoms with E-state index in [9.17, 15) is 5.26 Å². The van der Waals surface area contributed by atoms with E-state index < -0.39 is 0 Å². The number of piperazine rings is 1. The van der Waals surface area contributed by atoms with E-state index in [1.165, 1.54) is 0 Å². The number of imidazole rings is 1. The SMILES string of the molecule is Cc1nnc(N2CCN(Cc3nccn3C)CC2)c(C#N)c1C. The first kappa shape index (κ1) is 15.4. The van der Waals surface area contributed by atoms with Crippen LogP contribution in [-0.2, 0) is 13.6 Å². The van der Waals surface area contributed by atoms with Crippen LogP contribution < -0.4 is 4.90 Å². The van der Waals surface area contributed by atoms with E-state index in [4.69, 9.17) is 0 Å². The Labute approximate surface area is 136 Å². The molecular formula is C16H21N7. The molecule has 0 aliphatic carbocycles. The predicted molar refractivity (Wildman–Crippen MR) is 86.9 cm³/mol. The highest BCUT2D eigenvalue weighted by molar-refractivity contribution is 5.57. The van der Waals surface area contributed by atoms with Crippen molar-refractivity contribution in [3.63, 3.8) is 0 Å². The summed E-state index contributed by atoms with van der Waals surface area (Å²) in [6.45, 7) is 8.20. The maximum atomic E-state index is 9.44. The Kier molecular flexibility index (Phi) is 4.26. The molecule has 1 aliphatic rings. The first-order valence-corrected chi connectivity index (χ1v) is 7.77. The molecule has 2 aromatic heterocycles. The summed E-state index contributed by atoms with van der Waals surface area (Å²) >= 11 is 0. The van der Waals surface area contributed by atoms with Crippen LogP contribution in [0.1, 0.15) is 22.6 Å². The van der Waals surface area contributed by atoms with Crippen molar-refractivity contribution in [3.05, 3.63) is 35.0 Å². The average Bonchev–Trinajstić information content (AvgIpc) is 2.96. The van der Waals surface area contributed by atoms with E-state index in [1.54, 1.807) is 0 Å². The maximum Gasteiger partial charge on any atom is 0.169 e. The average molecular weight is 311 g/mol. The minimum absolute atomic E-state index is 0.648. The van der Waals surface area contributed by atoms with Crippen molar-refractivity contribution in [1.29, 1.82) is 5.26 Å². The molecular weight excluding hydrogens is 290 g/mol. The second-order valence-electron chi connectivity index (χ2n) is 5.94. The standard InChI is InChI=1S/C16H21N7/c1-12-13(2)19-20-16(14(12)10-17)23-8-6-22(7-9-23)11-15-18-4-5-21(15)3/h4-5H,6-9,11H2,1-3H3. The second-order valence-corrected chi connectivity index (χ2v) is 5.94. The fourth-order valence-corrected chi connectivity index (χ4v) is 2.82. The Bertz CT molecular complexity index is 735. The highest BCUT2D eigenvalue weighted by Gasteiger charge is 2.23. The number of nitriles is 1. The molecule has 1 fully saturated rings. The molecule has 0 bridgehead atoms. The van der Waals surface area contributed by atoms with Gasteiger partial charge in [0, 0.05) is 45.6 Å². The van der Waals surface area contributed by atoms with Gasteiger partial charge >= 0.3 is 0 Å². The van der Waals surface area contributed by atoms with Crippen LogP contribution >= 0.6 is 0 Å². The number of nitrogens with zero attached hydrogens (tertiary/aromatic N) is 7. The molecule has 7 nitrogen and oxygen atoms in total. The van der Waals surface area contributed by atoms with Gasteiger partial charge in [-0.1, -0.05) is 0 Å². The van der Waals surface area contributed by atoms with Crippen LogP contribution in [0.3, 0.4) is 0 Å². The van der Waals surface area contributed by atoms with E-state index in [0.717, 1.165) is 49.8 Å². The van der Waals surface area contributed by atoms with E-state index in [2.05, 4.69) is 35.6 Å². The monoisotopic (exact) mass is 311 g/mol. The van der Waals surface area contributed by atoms with Gasteiger partial charge in [0.15, 0.2) is 5.82 Å². The van der Waals surface area contributed by atoms with Gasteiger partial charge in [-0.25, -0.2) is 4.98 Å². The van der Waals surface area contributed by atoms with Crippen molar-refractivity contribution >= 4 is 5.82 Å². The molecule has 120 valence electrons. The second kappa shape index (κ2) is 6.34. The fourth-order valence-electron chi connectivity index (χ4n) is 2.82. The molecule has 7 heteroatoms. The van der Waals surface area contributed by atoms with Gasteiger partial charge in [0.2, 0.25) is 0 Å². The molecule has 23 heavy (non-hydrogen) atoms. The molecule has 3 heterocycles. The molecule has 1 saturated heterocycles. The van der Waals surface area contributed by atoms with Crippen LogP contribution in [0.15, 0.2) is 12.4 Å². The van der Waals surface area contributed by atoms with Gasteiger partial charge in [0.1, 0.15) is 17.5 Å². The number of anilines is 1. The minimum Gasteiger partial charge on any atom is -0.351 e. The fraction of sp³-hybridized carbons (Fsp3) is 0.500. The lowest BCUT2D eigenvalue weighted by atomic mass is 10.1. The summed E-state index contributed by atoms with van der Waals surface area (Å²) in [4.78, 5) is 8.91. The molecule has 1 aliphatic heterocycles. The molecule has 0 amide bonds. The Morgan fingerprint density at radius 3 is 2.52 bits per heavy atom. The molecule has 0 aromatic carbocycles. The van der Waals surface area contributed by atoms with Crippen molar-refractivity contribution in [1.82, 2.24) is 24.6 Å². The zero-order chi connectivity index (χ0) is 16.4. The molecule has 0 saturated carbocycles. The van der Waals surface area contributed by atoms with E-state index >= 15 is 0 Å². The lowest BCUT2D eigenvalue weighted by Gasteiger charge is -2.35. The van der Waals surface area contributed by atoms with Gasteiger partial charge in [0.05, 0.1) is 12.2 Å². The molecule has 2 aromatic rings. The smallest absolute Gasteiger partial charge is 0.169 e. The summed E-state index contributed by atoms with van der Waals surface area (Å²) < 4.78 is 2.05. The van der Waals surface area contributed by atoms with Gasteiger partial charge in [-0.15, -0.1) is 5.10 Å². The van der Waals surface area contributed by atoms with Crippen LogP contribution in [0.25, 0.3) is 0 Å². The number of hydrogen-bond acceptors (Lipinski definition) is 6. The van der Waals surface area contributed by atoms with E-state index in [0.29, 0.717) is 11.4 Å². The Morgan fingerprint density at radius 1 is 1.17 bits per heavy atom. The van der Waals surface area contributed by atoms with Crippen molar-refractivity contribution < 1.29 is 0 Å². The summed E-state index contributed by atoms with van der Waals surface area (Å²) in [7, 11) is 2.02. The summed E-state index contributed by atoms with van der Waals surface area (Å²) in [5, 5.41) is 17.9. The summed E-state index contributed by atoms with van der Waals surface area (Å²) in [5.41, 5.74) is 2.39. The first-order valence-electron chi connectivity index (χ1n) is 7.77. The molecule has 3 rings (SSSR count). The number of aromatic nitrogens is 4. The Morgan fingerprint density at radius 2 is 1.91 bits per heavy atom. The predicted octanol–water partition coefficient (Wildman–Crippen LogP) is 1.02. The van der Waals surface area contributed by atoms with E-state index in [-0.39, 0.29) is 0 Å². The normalized spacial score (nSPS) is 15.7. The summed E-state index contributed by atoms with van der Waals surface area (Å²) in [6.07, 6.45) is 3.80. The van der Waals surface area contributed by atoms with Crippen LogP contribution in [0.4, 0.5) is 5.82 Å². The molecule has 0 radical (unpaired) electrons. The molecule has 0 spiro atoms. The van der Waals surface area contributed by atoms with Crippen molar-refractivity contribution in [3.8, 4) is 6.07 Å². The third-order valence-electron chi connectivity index (χ3n) is 4.51. The van der Waals surface area contributed by atoms with Gasteiger partial charge in [-0.2, -0.15) is 10.4 Å². The van der Waals surface area contributed by atoms with Crippen LogP contribution in [0.2, 0.25) is 0 Å². The zero-order valence-corrected chi connectivity index (χ0v) is 13.8. The Hall–Kier alpha value is -2.46. The third kappa shape index (κ3) is 3.03. The zero-order valence-electron chi connectivity index (χ0n) is 13.8. The van der Waals surface area contributed by atoms with Crippen molar-refractivity contribution in [2.75, 3.05) is 31.1 Å². The van der Waals surface area contributed by atoms with Gasteiger partial charge in [-0.3, -0.25) is 4.90 Å². The number of aryl methyl sites for hydroxylation is 2. The van der Waals surface area contributed by atoms with Crippen LogP contribution in [0.5, 0.6) is 0 Å². The maximum absolute atomic E-state index is 9.44. The Balaban J connectivity index is 1.69. The first-order chi connectivity index (χ1) is 11.1. The lowest BCUT2D eigenvalue weighted by molar-refractivity contribution is 0.241. The highest BCUT2D eigenvalue weighted by Crippen LogP contribution is 2.22. The van der Waals surface area contributed by atoms with Gasteiger partial charge in [0.25, 0.3) is 0 Å². The van der Waals surface area contributed by atoms with Crippen molar-refractivity contribution in [2.24, 2.45) is 7.05 Å². The summed E-state index contributed by atoms with van der Waals surface area (Å²) in [6, 6.07) is 2.29. The molecule has 0 N–H and O–H groups in total. The quantitative estimate of drug-likeness (QED) is 0.842. The third-order valence-corrected chi connectivity index (χ3v) is 4.51. The minimum atomic E-state index is 0.648.